The summed E-state index contributed by atoms with van der Waals surface area (Å²) in [5.74, 6) is -0.183. The van der Waals surface area contributed by atoms with Gasteiger partial charge in [-0.15, -0.1) is 0 Å². The topological polar surface area (TPSA) is 91.4 Å². The summed E-state index contributed by atoms with van der Waals surface area (Å²) in [6, 6.07) is 9.65. The Bertz CT molecular complexity index is 1150. The van der Waals surface area contributed by atoms with Gasteiger partial charge < -0.3 is 20.5 Å². The molecule has 9 heteroatoms. The zero-order chi connectivity index (χ0) is 24.8. The smallest absolute Gasteiger partial charge is 0.338 e. The molecule has 182 valence electrons. The lowest BCUT2D eigenvalue weighted by atomic mass is 10.0. The number of nitrogen functional groups attached to an aromatic ring is 1. The van der Waals surface area contributed by atoms with Crippen LogP contribution in [0, 0.1) is 11.7 Å². The Morgan fingerprint density at radius 1 is 1.21 bits per heavy atom. The molecule has 0 aliphatic heterocycles. The number of hydrogen-bond donors (Lipinski definition) is 2. The Morgan fingerprint density at radius 2 is 1.97 bits per heavy atom. The minimum Gasteiger partial charge on any atom is -0.462 e. The largest absolute Gasteiger partial charge is 0.462 e. The van der Waals surface area contributed by atoms with Gasteiger partial charge in [0.25, 0.3) is 0 Å². The van der Waals surface area contributed by atoms with Crippen LogP contribution in [0.3, 0.4) is 0 Å². The van der Waals surface area contributed by atoms with Gasteiger partial charge in [-0.05, 0) is 55.7 Å². The van der Waals surface area contributed by atoms with E-state index < -0.39 is 18.0 Å². The molecule has 1 atom stereocenters. The van der Waals surface area contributed by atoms with Crippen molar-refractivity contribution in [2.24, 2.45) is 13.0 Å². The van der Waals surface area contributed by atoms with Gasteiger partial charge in [0.05, 0.1) is 35.3 Å². The molecule has 0 radical (unpaired) electrons. The highest BCUT2D eigenvalue weighted by atomic mass is 79.9. The van der Waals surface area contributed by atoms with Crippen molar-refractivity contribution in [3.8, 4) is 17.0 Å². The summed E-state index contributed by atoms with van der Waals surface area (Å²) < 4.78 is 28.7. The van der Waals surface area contributed by atoms with Gasteiger partial charge in [0, 0.05) is 23.5 Å². The van der Waals surface area contributed by atoms with E-state index in [1.54, 1.807) is 24.7 Å². The molecule has 0 aliphatic carbocycles. The quantitative estimate of drug-likeness (QED) is 0.189. The number of carbonyl (C=O) groups excluding carboxylic acids is 1. The van der Waals surface area contributed by atoms with E-state index in [1.165, 1.54) is 24.4 Å². The van der Waals surface area contributed by atoms with Crippen molar-refractivity contribution in [2.75, 3.05) is 17.7 Å². The van der Waals surface area contributed by atoms with Gasteiger partial charge in [-0.25, -0.2) is 13.9 Å². The summed E-state index contributed by atoms with van der Waals surface area (Å²) >= 11 is 3.47. The number of nitrogens with two attached hydrogens (primary N) is 1. The third-order valence-electron chi connectivity index (χ3n) is 5.24. The zero-order valence-electron chi connectivity index (χ0n) is 19.8. The van der Waals surface area contributed by atoms with Crippen molar-refractivity contribution in [2.45, 2.75) is 39.8 Å². The molecule has 3 N–H and O–H groups in total. The van der Waals surface area contributed by atoms with E-state index in [-0.39, 0.29) is 17.7 Å². The Morgan fingerprint density at radius 3 is 2.68 bits per heavy atom. The van der Waals surface area contributed by atoms with Gasteiger partial charge in [-0.3, -0.25) is 0 Å². The predicted octanol–water partition coefficient (Wildman–Crippen LogP) is 6.00. The van der Waals surface area contributed by atoms with Crippen LogP contribution >= 0.6 is 15.9 Å². The second-order valence-electron chi connectivity index (χ2n) is 8.36. The van der Waals surface area contributed by atoms with E-state index in [9.17, 15) is 9.18 Å². The van der Waals surface area contributed by atoms with Gasteiger partial charge in [0.2, 0.25) is 5.88 Å². The maximum Gasteiger partial charge on any atom is 0.338 e. The Kier molecular flexibility index (Phi) is 8.55. The maximum absolute atomic E-state index is 14.8. The molecule has 3 rings (SSSR count). The maximum atomic E-state index is 14.8. The van der Waals surface area contributed by atoms with Crippen LogP contribution in [0.15, 0.2) is 47.1 Å². The first kappa shape index (κ1) is 25.6. The normalized spacial score (nSPS) is 12.0. The fourth-order valence-corrected chi connectivity index (χ4v) is 3.79. The SMILES string of the molecule is CCOC(=O)c1ccc(F)c(-c2cnn(C)c2OC(CCC(C)C)Nc2cc(Br)ccc2N)c1. The molecule has 1 unspecified atom stereocenters. The number of ether oxygens (including phenoxy) is 2. The molecular formula is C25H30BrFN4O3. The number of carbonyl (C=O) groups is 1. The summed E-state index contributed by atoms with van der Waals surface area (Å²) in [5.41, 5.74) is 8.36. The van der Waals surface area contributed by atoms with Gasteiger partial charge in [-0.1, -0.05) is 29.8 Å². The first-order chi connectivity index (χ1) is 16.2. The van der Waals surface area contributed by atoms with Crippen molar-refractivity contribution in [3.63, 3.8) is 0 Å². The number of aromatic nitrogens is 2. The molecule has 2 aromatic carbocycles. The molecule has 34 heavy (non-hydrogen) atoms. The van der Waals surface area contributed by atoms with E-state index in [0.717, 1.165) is 16.6 Å². The summed E-state index contributed by atoms with van der Waals surface area (Å²) in [6.07, 6.45) is 2.64. The lowest BCUT2D eigenvalue weighted by Crippen LogP contribution is -2.28. The fourth-order valence-electron chi connectivity index (χ4n) is 3.43. The van der Waals surface area contributed by atoms with E-state index in [4.69, 9.17) is 15.2 Å². The molecule has 1 heterocycles. The monoisotopic (exact) mass is 532 g/mol. The highest BCUT2D eigenvalue weighted by Crippen LogP contribution is 2.34. The highest BCUT2D eigenvalue weighted by molar-refractivity contribution is 9.10. The predicted molar refractivity (Wildman–Crippen MR) is 135 cm³/mol. The lowest BCUT2D eigenvalue weighted by Gasteiger charge is -2.24. The Hall–Kier alpha value is -3.07. The molecule has 0 spiro atoms. The second kappa shape index (κ2) is 11.4. The zero-order valence-corrected chi connectivity index (χ0v) is 21.4. The van der Waals surface area contributed by atoms with Gasteiger partial charge in [-0.2, -0.15) is 5.10 Å². The Balaban J connectivity index is 1.96. The van der Waals surface area contributed by atoms with Crippen molar-refractivity contribution < 1.29 is 18.7 Å². The molecule has 0 fully saturated rings. The Labute approximate surface area is 207 Å². The first-order valence-corrected chi connectivity index (χ1v) is 12.0. The number of esters is 1. The number of nitrogens with zero attached hydrogens (tertiary/aromatic N) is 2. The molecule has 0 saturated heterocycles. The van der Waals surface area contributed by atoms with Crippen molar-refractivity contribution >= 4 is 33.3 Å². The summed E-state index contributed by atoms with van der Waals surface area (Å²) in [5, 5.41) is 7.64. The molecule has 0 saturated carbocycles. The highest BCUT2D eigenvalue weighted by Gasteiger charge is 2.22. The molecule has 7 nitrogen and oxygen atoms in total. The van der Waals surface area contributed by atoms with E-state index >= 15 is 0 Å². The average Bonchev–Trinajstić information content (AvgIpc) is 3.14. The molecule has 0 amide bonds. The summed E-state index contributed by atoms with van der Waals surface area (Å²) in [6.45, 7) is 6.22. The molecule has 1 aromatic heterocycles. The molecular weight excluding hydrogens is 503 g/mol. The number of hydrogen-bond acceptors (Lipinski definition) is 6. The van der Waals surface area contributed by atoms with Crippen LogP contribution in [0.1, 0.15) is 44.0 Å². The van der Waals surface area contributed by atoms with Crippen LogP contribution in [0.2, 0.25) is 0 Å². The van der Waals surface area contributed by atoms with Crippen molar-refractivity contribution in [1.29, 1.82) is 0 Å². The second-order valence-corrected chi connectivity index (χ2v) is 9.27. The third-order valence-corrected chi connectivity index (χ3v) is 5.74. The minimum atomic E-state index is -0.517. The van der Waals surface area contributed by atoms with Crippen LogP contribution in [-0.4, -0.2) is 28.6 Å². The van der Waals surface area contributed by atoms with Gasteiger partial charge in [0.1, 0.15) is 5.82 Å². The van der Waals surface area contributed by atoms with Crippen LogP contribution in [0.25, 0.3) is 11.1 Å². The van der Waals surface area contributed by atoms with Crippen LogP contribution in [0.5, 0.6) is 5.88 Å². The number of nitrogens with one attached hydrogen (secondary N) is 1. The lowest BCUT2D eigenvalue weighted by molar-refractivity contribution is 0.0526. The summed E-state index contributed by atoms with van der Waals surface area (Å²) in [7, 11) is 1.72. The van der Waals surface area contributed by atoms with Crippen LogP contribution in [0.4, 0.5) is 15.8 Å². The van der Waals surface area contributed by atoms with Crippen molar-refractivity contribution in [3.05, 3.63) is 58.4 Å². The number of anilines is 2. The standard InChI is InChI=1S/C25H30BrFN4O3/c1-5-33-25(32)16-7-9-20(27)18(12-16)19-14-29-31(4)24(19)34-23(11-6-15(2)3)30-22-13-17(26)8-10-21(22)28/h7-10,12-15,23,30H,5-6,11,28H2,1-4H3. The number of aryl methyl sites for hydroxylation is 1. The molecule has 3 aromatic rings. The van der Waals surface area contributed by atoms with E-state index in [1.807, 2.05) is 12.1 Å². The number of halogens is 2. The number of rotatable bonds is 10. The van der Waals surface area contributed by atoms with Crippen molar-refractivity contribution in [1.82, 2.24) is 9.78 Å². The van der Waals surface area contributed by atoms with Crippen LogP contribution in [-0.2, 0) is 11.8 Å². The van der Waals surface area contributed by atoms with Crippen LogP contribution < -0.4 is 15.8 Å². The molecule has 0 bridgehead atoms. The van der Waals surface area contributed by atoms with E-state index in [2.05, 4.69) is 40.2 Å². The first-order valence-electron chi connectivity index (χ1n) is 11.2. The fraction of sp³-hybridized carbons (Fsp3) is 0.360. The third kappa shape index (κ3) is 6.28. The number of benzene rings is 2. The average molecular weight is 533 g/mol. The van der Waals surface area contributed by atoms with Gasteiger partial charge in [0.15, 0.2) is 6.23 Å². The minimum absolute atomic E-state index is 0.207. The molecule has 0 aliphatic rings. The summed E-state index contributed by atoms with van der Waals surface area (Å²) in [4.78, 5) is 12.2. The van der Waals surface area contributed by atoms with E-state index in [0.29, 0.717) is 29.5 Å². The van der Waals surface area contributed by atoms with Gasteiger partial charge >= 0.3 is 5.97 Å².